The van der Waals surface area contributed by atoms with Crippen molar-refractivity contribution in [2.75, 3.05) is 26.1 Å². The number of nitrogens with one attached hydrogen (secondary N) is 2. The van der Waals surface area contributed by atoms with E-state index in [0.29, 0.717) is 17.7 Å². The molecule has 3 rings (SSSR count). The summed E-state index contributed by atoms with van der Waals surface area (Å²) in [7, 11) is 2.66. The van der Waals surface area contributed by atoms with Crippen molar-refractivity contribution < 1.29 is 28.7 Å². The second-order valence-corrected chi connectivity index (χ2v) is 6.90. The second kappa shape index (κ2) is 8.86. The number of methoxy groups -OCH3 is 2. The maximum absolute atomic E-state index is 13.1. The lowest BCUT2D eigenvalue weighted by Crippen LogP contribution is -2.44. The highest BCUT2D eigenvalue weighted by molar-refractivity contribution is 6.11. The smallest absolute Gasteiger partial charge is 0.340 e. The number of benzene rings is 2. The van der Waals surface area contributed by atoms with Gasteiger partial charge in [0, 0.05) is 0 Å². The minimum Gasteiger partial charge on any atom is -0.497 e. The van der Waals surface area contributed by atoms with Gasteiger partial charge in [-0.1, -0.05) is 37.3 Å². The Labute approximate surface area is 179 Å². The predicted octanol–water partition coefficient (Wildman–Crippen LogP) is 2.28. The van der Waals surface area contributed by atoms with Crippen LogP contribution in [-0.4, -0.2) is 49.5 Å². The summed E-state index contributed by atoms with van der Waals surface area (Å²) in [6.45, 7) is 1.28. The molecule has 9 nitrogen and oxygen atoms in total. The molecule has 9 heteroatoms. The molecule has 2 aromatic carbocycles. The third-order valence-electron chi connectivity index (χ3n) is 5.18. The number of amides is 4. The Balaban J connectivity index is 1.81. The summed E-state index contributed by atoms with van der Waals surface area (Å²) in [5, 5.41) is 5.28. The zero-order valence-electron chi connectivity index (χ0n) is 17.4. The van der Waals surface area contributed by atoms with Gasteiger partial charge < -0.3 is 20.1 Å². The van der Waals surface area contributed by atoms with E-state index in [9.17, 15) is 19.2 Å². The van der Waals surface area contributed by atoms with Gasteiger partial charge in [-0.2, -0.15) is 0 Å². The molecule has 0 saturated carbocycles. The lowest BCUT2D eigenvalue weighted by atomic mass is 9.87. The maximum atomic E-state index is 13.1. The molecule has 1 saturated heterocycles. The van der Waals surface area contributed by atoms with Crippen molar-refractivity contribution in [3.05, 3.63) is 59.7 Å². The van der Waals surface area contributed by atoms with E-state index in [-0.39, 0.29) is 11.3 Å². The van der Waals surface area contributed by atoms with Gasteiger partial charge in [-0.3, -0.25) is 14.5 Å². The minimum atomic E-state index is -1.23. The van der Waals surface area contributed by atoms with E-state index in [4.69, 9.17) is 9.47 Å². The third kappa shape index (κ3) is 4.07. The van der Waals surface area contributed by atoms with Crippen molar-refractivity contribution in [2.45, 2.75) is 18.9 Å². The summed E-state index contributed by atoms with van der Waals surface area (Å²) in [5.74, 6) is -1.41. The Hall–Kier alpha value is -3.88. The van der Waals surface area contributed by atoms with Crippen LogP contribution >= 0.6 is 0 Å². The molecule has 1 aliphatic heterocycles. The summed E-state index contributed by atoms with van der Waals surface area (Å²) in [5.41, 5.74) is -0.327. The van der Waals surface area contributed by atoms with Crippen LogP contribution in [0.2, 0.25) is 0 Å². The fraction of sp³-hybridized carbons (Fsp3) is 0.273. The first-order valence-electron chi connectivity index (χ1n) is 9.62. The highest BCUT2D eigenvalue weighted by Gasteiger charge is 2.51. The van der Waals surface area contributed by atoms with Crippen molar-refractivity contribution in [2.24, 2.45) is 0 Å². The Kier molecular flexibility index (Phi) is 6.24. The number of hydrogen-bond acceptors (Lipinski definition) is 6. The van der Waals surface area contributed by atoms with Gasteiger partial charge in [-0.15, -0.1) is 0 Å². The number of nitrogens with zero attached hydrogens (tertiary/aromatic N) is 1. The molecule has 0 radical (unpaired) electrons. The first-order valence-corrected chi connectivity index (χ1v) is 9.62. The Morgan fingerprint density at radius 2 is 1.81 bits per heavy atom. The number of esters is 1. The molecular weight excluding hydrogens is 402 g/mol. The van der Waals surface area contributed by atoms with Crippen LogP contribution in [0.4, 0.5) is 10.5 Å². The number of rotatable bonds is 7. The van der Waals surface area contributed by atoms with Crippen molar-refractivity contribution in [3.63, 3.8) is 0 Å². The van der Waals surface area contributed by atoms with Crippen molar-refractivity contribution in [1.82, 2.24) is 10.2 Å². The average molecular weight is 425 g/mol. The van der Waals surface area contributed by atoms with Crippen LogP contribution < -0.4 is 15.4 Å². The SMILES string of the molecule is CCC1(c2ccccc2)NC(=O)N(CC(=O)Nc2ccc(OC)cc2C(=O)OC)C1=O. The van der Waals surface area contributed by atoms with Crippen LogP contribution in [0.5, 0.6) is 5.75 Å². The van der Waals surface area contributed by atoms with E-state index in [1.807, 2.05) is 6.07 Å². The molecule has 162 valence electrons. The lowest BCUT2D eigenvalue weighted by Gasteiger charge is -2.25. The average Bonchev–Trinajstić information content (AvgIpc) is 3.04. The molecule has 2 aromatic rings. The van der Waals surface area contributed by atoms with Crippen molar-refractivity contribution in [1.29, 1.82) is 0 Å². The van der Waals surface area contributed by atoms with Gasteiger partial charge in [0.25, 0.3) is 5.91 Å². The Morgan fingerprint density at radius 1 is 1.10 bits per heavy atom. The summed E-state index contributed by atoms with van der Waals surface area (Å²) < 4.78 is 9.84. The normalized spacial score (nSPS) is 17.8. The van der Waals surface area contributed by atoms with Crippen molar-refractivity contribution >= 4 is 29.5 Å². The zero-order chi connectivity index (χ0) is 22.6. The number of carbonyl (C=O) groups is 4. The molecule has 0 bridgehead atoms. The van der Waals surface area contributed by atoms with Gasteiger partial charge in [0.1, 0.15) is 17.8 Å². The highest BCUT2D eigenvalue weighted by Crippen LogP contribution is 2.32. The van der Waals surface area contributed by atoms with E-state index in [1.54, 1.807) is 37.3 Å². The van der Waals surface area contributed by atoms with E-state index < -0.39 is 35.9 Å². The van der Waals surface area contributed by atoms with E-state index in [2.05, 4.69) is 10.6 Å². The molecule has 1 aliphatic rings. The third-order valence-corrected chi connectivity index (χ3v) is 5.18. The van der Waals surface area contributed by atoms with Gasteiger partial charge >= 0.3 is 12.0 Å². The van der Waals surface area contributed by atoms with E-state index >= 15 is 0 Å². The van der Waals surface area contributed by atoms with E-state index in [0.717, 1.165) is 4.90 Å². The first-order chi connectivity index (χ1) is 14.9. The van der Waals surface area contributed by atoms with E-state index in [1.165, 1.54) is 26.4 Å². The molecule has 4 amide bonds. The number of imide groups is 1. The van der Waals surface area contributed by atoms with Gasteiger partial charge in [-0.05, 0) is 30.2 Å². The largest absolute Gasteiger partial charge is 0.497 e. The summed E-state index contributed by atoms with van der Waals surface area (Å²) in [4.78, 5) is 51.3. The number of carbonyl (C=O) groups excluding carboxylic acids is 4. The molecule has 1 atom stereocenters. The molecule has 0 aliphatic carbocycles. The quantitative estimate of drug-likeness (QED) is 0.520. The van der Waals surface area contributed by atoms with Crippen LogP contribution in [-0.2, 0) is 19.9 Å². The predicted molar refractivity (Wildman–Crippen MR) is 112 cm³/mol. The van der Waals surface area contributed by atoms with Crippen molar-refractivity contribution in [3.8, 4) is 5.75 Å². The lowest BCUT2D eigenvalue weighted by molar-refractivity contribution is -0.134. The molecule has 1 heterocycles. The molecule has 0 spiro atoms. The van der Waals surface area contributed by atoms with Crippen LogP contribution in [0, 0.1) is 0 Å². The molecule has 0 aromatic heterocycles. The highest BCUT2D eigenvalue weighted by atomic mass is 16.5. The molecule has 1 unspecified atom stereocenters. The molecule has 1 fully saturated rings. The van der Waals surface area contributed by atoms with Crippen LogP contribution in [0.1, 0.15) is 29.3 Å². The molecule has 31 heavy (non-hydrogen) atoms. The fourth-order valence-electron chi connectivity index (χ4n) is 3.50. The summed E-state index contributed by atoms with van der Waals surface area (Å²) >= 11 is 0. The first kappa shape index (κ1) is 21.8. The number of ether oxygens (including phenoxy) is 2. The topological polar surface area (TPSA) is 114 Å². The van der Waals surface area contributed by atoms with Gasteiger partial charge in [0.05, 0.1) is 25.5 Å². The van der Waals surface area contributed by atoms with Gasteiger partial charge in [0.15, 0.2) is 0 Å². The number of urea groups is 1. The molecular formula is C22H23N3O6. The number of anilines is 1. The standard InChI is InChI=1S/C22H23N3O6/c1-4-22(14-8-6-5-7-9-14)20(28)25(21(29)24-22)13-18(26)23-17-11-10-15(30-2)12-16(17)19(27)31-3/h5-12H,4,13H2,1-3H3,(H,23,26)(H,24,29). The summed E-state index contributed by atoms with van der Waals surface area (Å²) in [6, 6.07) is 12.7. The Morgan fingerprint density at radius 3 is 2.42 bits per heavy atom. The summed E-state index contributed by atoms with van der Waals surface area (Å²) in [6.07, 6.45) is 0.324. The fourth-order valence-corrected chi connectivity index (χ4v) is 3.50. The molecule has 2 N–H and O–H groups in total. The monoisotopic (exact) mass is 425 g/mol. The number of hydrogen-bond donors (Lipinski definition) is 2. The van der Waals surface area contributed by atoms with Crippen LogP contribution in [0.15, 0.2) is 48.5 Å². The van der Waals surface area contributed by atoms with Gasteiger partial charge in [-0.25, -0.2) is 9.59 Å². The minimum absolute atomic E-state index is 0.0830. The van der Waals surface area contributed by atoms with Crippen LogP contribution in [0.25, 0.3) is 0 Å². The van der Waals surface area contributed by atoms with Gasteiger partial charge in [0.2, 0.25) is 5.91 Å². The second-order valence-electron chi connectivity index (χ2n) is 6.90. The van der Waals surface area contributed by atoms with Crippen LogP contribution in [0.3, 0.4) is 0 Å². The Bertz CT molecular complexity index is 1020. The zero-order valence-corrected chi connectivity index (χ0v) is 17.4. The maximum Gasteiger partial charge on any atom is 0.340 e.